The van der Waals surface area contributed by atoms with Crippen molar-refractivity contribution in [1.82, 2.24) is 4.90 Å². The highest BCUT2D eigenvalue weighted by Gasteiger charge is 2.35. The molecule has 1 aliphatic rings. The summed E-state index contributed by atoms with van der Waals surface area (Å²) in [5, 5.41) is 0. The van der Waals surface area contributed by atoms with E-state index in [9.17, 15) is 9.59 Å². The highest BCUT2D eigenvalue weighted by atomic mass is 79.9. The molecule has 1 aromatic carbocycles. The van der Waals surface area contributed by atoms with Crippen LogP contribution >= 0.6 is 15.9 Å². The minimum Gasteiger partial charge on any atom is -0.447 e. The lowest BCUT2D eigenvalue weighted by atomic mass is 9.97. The van der Waals surface area contributed by atoms with Crippen molar-refractivity contribution in [2.24, 2.45) is 0 Å². The smallest absolute Gasteiger partial charge is 0.416 e. The SMILES string of the molecule is C[C@H](c1ccccc1)[C@@H](Br)C(=O)N1CCOC1=O. The normalized spacial score (nSPS) is 18.3. The van der Waals surface area contributed by atoms with Gasteiger partial charge in [-0.2, -0.15) is 0 Å². The Morgan fingerprint density at radius 1 is 1.39 bits per heavy atom. The van der Waals surface area contributed by atoms with Crippen molar-refractivity contribution in [2.75, 3.05) is 13.2 Å². The molecule has 1 aromatic rings. The van der Waals surface area contributed by atoms with Crippen LogP contribution in [0.3, 0.4) is 0 Å². The van der Waals surface area contributed by atoms with Crippen LogP contribution in [0.25, 0.3) is 0 Å². The van der Waals surface area contributed by atoms with Gasteiger partial charge in [0.2, 0.25) is 5.91 Å². The van der Waals surface area contributed by atoms with Gasteiger partial charge in [0.15, 0.2) is 0 Å². The summed E-state index contributed by atoms with van der Waals surface area (Å²) in [7, 11) is 0. The molecule has 0 spiro atoms. The second-order valence-electron chi connectivity index (χ2n) is 4.21. The van der Waals surface area contributed by atoms with E-state index in [0.29, 0.717) is 6.54 Å². The minimum atomic E-state index is -0.551. The van der Waals surface area contributed by atoms with Crippen LogP contribution in [0.5, 0.6) is 0 Å². The number of carbonyl (C=O) groups is 2. The Labute approximate surface area is 114 Å². The Kier molecular flexibility index (Phi) is 4.01. The maximum Gasteiger partial charge on any atom is 0.416 e. The number of carbonyl (C=O) groups excluding carboxylic acids is 2. The van der Waals surface area contributed by atoms with Crippen molar-refractivity contribution in [3.05, 3.63) is 35.9 Å². The average molecular weight is 312 g/mol. The lowest BCUT2D eigenvalue weighted by molar-refractivity contribution is -0.127. The van der Waals surface area contributed by atoms with Gasteiger partial charge in [-0.1, -0.05) is 53.2 Å². The predicted octanol–water partition coefficient (Wildman–Crippen LogP) is 2.53. The third kappa shape index (κ3) is 2.56. The number of benzene rings is 1. The van der Waals surface area contributed by atoms with Gasteiger partial charge in [-0.3, -0.25) is 4.79 Å². The number of hydrogen-bond acceptors (Lipinski definition) is 3. The third-order valence-electron chi connectivity index (χ3n) is 3.03. The summed E-state index contributed by atoms with van der Waals surface area (Å²) in [6, 6.07) is 9.72. The predicted molar refractivity (Wildman–Crippen MR) is 70.6 cm³/mol. The van der Waals surface area contributed by atoms with E-state index < -0.39 is 10.9 Å². The zero-order valence-electron chi connectivity index (χ0n) is 10.0. The molecule has 2 amide bonds. The molecule has 0 aliphatic carbocycles. The summed E-state index contributed by atoms with van der Waals surface area (Å²) in [5.41, 5.74) is 1.06. The van der Waals surface area contributed by atoms with Crippen LogP contribution in [0.4, 0.5) is 4.79 Å². The number of cyclic esters (lactones) is 1. The Morgan fingerprint density at radius 2 is 2.06 bits per heavy atom. The first-order valence-electron chi connectivity index (χ1n) is 5.78. The molecule has 5 heteroatoms. The van der Waals surface area contributed by atoms with Gasteiger partial charge in [0.1, 0.15) is 11.4 Å². The number of alkyl halides is 1. The molecule has 0 bridgehead atoms. The monoisotopic (exact) mass is 311 g/mol. The number of ether oxygens (including phenoxy) is 1. The third-order valence-corrected chi connectivity index (χ3v) is 4.21. The van der Waals surface area contributed by atoms with Crippen LogP contribution < -0.4 is 0 Å². The van der Waals surface area contributed by atoms with Crippen molar-refractivity contribution in [2.45, 2.75) is 17.7 Å². The summed E-state index contributed by atoms with van der Waals surface area (Å²) in [5.74, 6) is -0.249. The van der Waals surface area contributed by atoms with Gasteiger partial charge in [0.25, 0.3) is 0 Å². The van der Waals surface area contributed by atoms with E-state index in [1.54, 1.807) is 0 Å². The van der Waals surface area contributed by atoms with Gasteiger partial charge in [-0.05, 0) is 5.56 Å². The van der Waals surface area contributed by atoms with E-state index in [0.717, 1.165) is 10.5 Å². The maximum atomic E-state index is 12.1. The molecule has 2 atom stereocenters. The zero-order valence-corrected chi connectivity index (χ0v) is 11.6. The molecule has 1 heterocycles. The molecule has 0 radical (unpaired) electrons. The molecule has 0 N–H and O–H groups in total. The second kappa shape index (κ2) is 5.52. The molecule has 1 fully saturated rings. The number of halogens is 1. The summed E-state index contributed by atoms with van der Waals surface area (Å²) < 4.78 is 4.77. The summed E-state index contributed by atoms with van der Waals surface area (Å²) in [6.45, 7) is 2.57. The molecule has 0 aromatic heterocycles. The van der Waals surface area contributed by atoms with E-state index in [2.05, 4.69) is 15.9 Å². The van der Waals surface area contributed by atoms with Crippen LogP contribution in [0.1, 0.15) is 18.4 Å². The summed E-state index contributed by atoms with van der Waals surface area (Å²) in [4.78, 5) is 24.2. The van der Waals surface area contributed by atoms with Crippen molar-refractivity contribution in [3.63, 3.8) is 0 Å². The van der Waals surface area contributed by atoms with E-state index in [4.69, 9.17) is 4.74 Å². The van der Waals surface area contributed by atoms with Gasteiger partial charge in [-0.15, -0.1) is 0 Å². The lowest BCUT2D eigenvalue weighted by Crippen LogP contribution is -2.39. The fraction of sp³-hybridized carbons (Fsp3) is 0.385. The Bertz CT molecular complexity index is 449. The van der Waals surface area contributed by atoms with Crippen molar-refractivity contribution < 1.29 is 14.3 Å². The van der Waals surface area contributed by atoms with Crippen molar-refractivity contribution in [3.8, 4) is 0 Å². The zero-order chi connectivity index (χ0) is 13.1. The van der Waals surface area contributed by atoms with Crippen LogP contribution in [-0.4, -0.2) is 34.9 Å². The van der Waals surface area contributed by atoms with Crippen molar-refractivity contribution >= 4 is 27.9 Å². The first-order valence-corrected chi connectivity index (χ1v) is 6.70. The van der Waals surface area contributed by atoms with Gasteiger partial charge < -0.3 is 4.74 Å². The number of amides is 2. The van der Waals surface area contributed by atoms with Gasteiger partial charge in [-0.25, -0.2) is 9.69 Å². The maximum absolute atomic E-state index is 12.1. The highest BCUT2D eigenvalue weighted by molar-refractivity contribution is 9.10. The van der Waals surface area contributed by atoms with E-state index in [1.165, 1.54) is 0 Å². The molecule has 0 unspecified atom stereocenters. The molecule has 1 saturated heterocycles. The number of rotatable bonds is 3. The van der Waals surface area contributed by atoms with Crippen LogP contribution in [0.15, 0.2) is 30.3 Å². The van der Waals surface area contributed by atoms with Gasteiger partial charge in [0.05, 0.1) is 6.54 Å². The standard InChI is InChI=1S/C13H14BrNO3/c1-9(10-5-3-2-4-6-10)11(14)12(16)15-7-8-18-13(15)17/h2-6,9,11H,7-8H2,1H3/t9-,11-/m1/s1. The molecule has 4 nitrogen and oxygen atoms in total. The first kappa shape index (κ1) is 13.1. The molecular formula is C13H14BrNO3. The fourth-order valence-electron chi connectivity index (χ4n) is 1.88. The molecule has 18 heavy (non-hydrogen) atoms. The van der Waals surface area contributed by atoms with Gasteiger partial charge >= 0.3 is 6.09 Å². The summed E-state index contributed by atoms with van der Waals surface area (Å²) in [6.07, 6.45) is -0.551. The van der Waals surface area contributed by atoms with E-state index in [1.807, 2.05) is 37.3 Å². The topological polar surface area (TPSA) is 46.6 Å². The Morgan fingerprint density at radius 3 is 2.61 bits per heavy atom. The largest absolute Gasteiger partial charge is 0.447 e. The molecule has 0 saturated carbocycles. The van der Waals surface area contributed by atoms with E-state index >= 15 is 0 Å². The second-order valence-corrected chi connectivity index (χ2v) is 5.19. The number of nitrogens with zero attached hydrogens (tertiary/aromatic N) is 1. The molecule has 2 rings (SSSR count). The van der Waals surface area contributed by atoms with Gasteiger partial charge in [0, 0.05) is 5.92 Å². The quantitative estimate of drug-likeness (QED) is 0.806. The lowest BCUT2D eigenvalue weighted by Gasteiger charge is -2.21. The fourth-order valence-corrected chi connectivity index (χ4v) is 2.43. The minimum absolute atomic E-state index is 0.00731. The molecule has 1 aliphatic heterocycles. The Balaban J connectivity index is 2.09. The average Bonchev–Trinajstić information content (AvgIpc) is 2.83. The highest BCUT2D eigenvalue weighted by Crippen LogP contribution is 2.26. The van der Waals surface area contributed by atoms with Crippen LogP contribution in [0.2, 0.25) is 0 Å². The number of imide groups is 1. The first-order chi connectivity index (χ1) is 8.61. The number of hydrogen-bond donors (Lipinski definition) is 0. The molecular weight excluding hydrogens is 298 g/mol. The summed E-state index contributed by atoms with van der Waals surface area (Å²) >= 11 is 3.38. The van der Waals surface area contributed by atoms with E-state index in [-0.39, 0.29) is 18.4 Å². The van der Waals surface area contributed by atoms with Crippen LogP contribution in [-0.2, 0) is 9.53 Å². The molecule has 96 valence electrons. The van der Waals surface area contributed by atoms with Crippen molar-refractivity contribution in [1.29, 1.82) is 0 Å². The Hall–Kier alpha value is -1.36. The van der Waals surface area contributed by atoms with Crippen LogP contribution in [0, 0.1) is 0 Å².